The van der Waals surface area contributed by atoms with Crippen molar-refractivity contribution in [2.45, 2.75) is 12.5 Å². The molecule has 6 heteroatoms. The number of rotatable bonds is 5. The summed E-state index contributed by atoms with van der Waals surface area (Å²) in [5, 5.41) is 0. The summed E-state index contributed by atoms with van der Waals surface area (Å²) in [6.45, 7) is 0. The molecular formula is C12H15N5O. The first-order chi connectivity index (χ1) is 8.83. The normalized spacial score (nSPS) is 12.1. The molecule has 0 bridgehead atoms. The van der Waals surface area contributed by atoms with Gasteiger partial charge in [0, 0.05) is 24.4 Å². The average Bonchev–Trinajstić information content (AvgIpc) is 2.46. The van der Waals surface area contributed by atoms with Gasteiger partial charge in [-0.15, -0.1) is 0 Å². The van der Waals surface area contributed by atoms with Crippen LogP contribution in [0.4, 0.5) is 0 Å². The zero-order valence-electron chi connectivity index (χ0n) is 10.1. The van der Waals surface area contributed by atoms with Crippen LogP contribution >= 0.6 is 0 Å². The van der Waals surface area contributed by atoms with Gasteiger partial charge in [0.25, 0.3) is 0 Å². The Labute approximate surface area is 105 Å². The van der Waals surface area contributed by atoms with Crippen LogP contribution in [-0.4, -0.2) is 22.1 Å². The zero-order valence-corrected chi connectivity index (χ0v) is 10.1. The Bertz CT molecular complexity index is 491. The molecule has 0 saturated carbocycles. The second-order valence-corrected chi connectivity index (χ2v) is 3.73. The third-order valence-corrected chi connectivity index (χ3v) is 2.57. The number of methoxy groups -OCH3 is 1. The standard InChI is InChI=1S/C12H15N5O/c1-18-12-7-10(15-8-16-12)11(17-13)6-9-4-2-3-5-14-9/h2-5,7-8,11,17H,6,13H2,1H3. The van der Waals surface area contributed by atoms with E-state index < -0.39 is 0 Å². The number of ether oxygens (including phenoxy) is 1. The van der Waals surface area contributed by atoms with Gasteiger partial charge in [0.05, 0.1) is 18.8 Å². The smallest absolute Gasteiger partial charge is 0.216 e. The number of aromatic nitrogens is 3. The lowest BCUT2D eigenvalue weighted by molar-refractivity contribution is 0.393. The molecule has 0 saturated heterocycles. The summed E-state index contributed by atoms with van der Waals surface area (Å²) in [6.07, 6.45) is 3.86. The van der Waals surface area contributed by atoms with Crippen LogP contribution in [0.25, 0.3) is 0 Å². The minimum absolute atomic E-state index is 0.128. The maximum atomic E-state index is 5.57. The Kier molecular flexibility index (Phi) is 4.16. The van der Waals surface area contributed by atoms with Crippen molar-refractivity contribution in [2.24, 2.45) is 5.84 Å². The lowest BCUT2D eigenvalue weighted by Gasteiger charge is -2.15. The molecule has 2 aromatic rings. The third kappa shape index (κ3) is 2.99. The van der Waals surface area contributed by atoms with Crippen LogP contribution in [0.2, 0.25) is 0 Å². The number of hydrazine groups is 1. The molecular weight excluding hydrogens is 230 g/mol. The molecule has 0 radical (unpaired) electrons. The summed E-state index contributed by atoms with van der Waals surface area (Å²) in [7, 11) is 1.57. The Morgan fingerprint density at radius 2 is 2.22 bits per heavy atom. The van der Waals surface area contributed by atoms with E-state index in [0.717, 1.165) is 11.4 Å². The molecule has 2 heterocycles. The summed E-state index contributed by atoms with van der Waals surface area (Å²) in [5.41, 5.74) is 4.45. The topological polar surface area (TPSA) is 86.0 Å². The van der Waals surface area contributed by atoms with Gasteiger partial charge in [0.1, 0.15) is 6.33 Å². The fraction of sp³-hybridized carbons (Fsp3) is 0.250. The number of hydrogen-bond acceptors (Lipinski definition) is 6. The molecule has 3 N–H and O–H groups in total. The lowest BCUT2D eigenvalue weighted by atomic mass is 10.1. The van der Waals surface area contributed by atoms with Crippen molar-refractivity contribution < 1.29 is 4.74 Å². The molecule has 6 nitrogen and oxygen atoms in total. The van der Waals surface area contributed by atoms with Gasteiger partial charge in [0.15, 0.2) is 0 Å². The lowest BCUT2D eigenvalue weighted by Crippen LogP contribution is -2.30. The van der Waals surface area contributed by atoms with Crippen molar-refractivity contribution >= 4 is 0 Å². The maximum absolute atomic E-state index is 5.57. The monoisotopic (exact) mass is 245 g/mol. The molecule has 1 atom stereocenters. The molecule has 1 unspecified atom stereocenters. The first-order valence-corrected chi connectivity index (χ1v) is 5.55. The van der Waals surface area contributed by atoms with E-state index in [1.54, 1.807) is 19.4 Å². The number of nitrogens with one attached hydrogen (secondary N) is 1. The molecule has 0 aliphatic rings. The Morgan fingerprint density at radius 3 is 2.89 bits per heavy atom. The fourth-order valence-electron chi connectivity index (χ4n) is 1.63. The van der Waals surface area contributed by atoms with Crippen LogP contribution in [0, 0.1) is 0 Å². The van der Waals surface area contributed by atoms with Gasteiger partial charge < -0.3 is 4.74 Å². The van der Waals surface area contributed by atoms with Gasteiger partial charge >= 0.3 is 0 Å². The minimum Gasteiger partial charge on any atom is -0.481 e. The van der Waals surface area contributed by atoms with E-state index in [1.165, 1.54) is 6.33 Å². The largest absolute Gasteiger partial charge is 0.481 e. The van der Waals surface area contributed by atoms with Crippen LogP contribution in [0.15, 0.2) is 36.8 Å². The maximum Gasteiger partial charge on any atom is 0.216 e. The quantitative estimate of drug-likeness (QED) is 0.593. The average molecular weight is 245 g/mol. The van der Waals surface area contributed by atoms with Crippen LogP contribution < -0.4 is 16.0 Å². The predicted octanol–water partition coefficient (Wildman–Crippen LogP) is 0.627. The van der Waals surface area contributed by atoms with Gasteiger partial charge in [-0.1, -0.05) is 6.07 Å². The molecule has 18 heavy (non-hydrogen) atoms. The van der Waals surface area contributed by atoms with Crippen LogP contribution in [-0.2, 0) is 6.42 Å². The molecule has 0 amide bonds. The Hall–Kier alpha value is -2.05. The van der Waals surface area contributed by atoms with Crippen molar-refractivity contribution in [1.82, 2.24) is 20.4 Å². The predicted molar refractivity (Wildman–Crippen MR) is 66.6 cm³/mol. The van der Waals surface area contributed by atoms with Gasteiger partial charge in [-0.2, -0.15) is 0 Å². The summed E-state index contributed by atoms with van der Waals surface area (Å²) in [4.78, 5) is 12.4. The van der Waals surface area contributed by atoms with Crippen LogP contribution in [0.1, 0.15) is 17.4 Å². The second kappa shape index (κ2) is 6.04. The summed E-state index contributed by atoms with van der Waals surface area (Å²) < 4.78 is 5.06. The van der Waals surface area contributed by atoms with E-state index in [2.05, 4.69) is 20.4 Å². The number of pyridine rings is 1. The number of nitrogens with zero attached hydrogens (tertiary/aromatic N) is 3. The van der Waals surface area contributed by atoms with Crippen molar-refractivity contribution in [1.29, 1.82) is 0 Å². The molecule has 0 spiro atoms. The third-order valence-electron chi connectivity index (χ3n) is 2.57. The van der Waals surface area contributed by atoms with E-state index in [0.29, 0.717) is 12.3 Å². The summed E-state index contributed by atoms with van der Waals surface area (Å²) in [6, 6.07) is 7.39. The van der Waals surface area contributed by atoms with Crippen molar-refractivity contribution in [2.75, 3.05) is 7.11 Å². The summed E-state index contributed by atoms with van der Waals surface area (Å²) in [5.74, 6) is 6.08. The van der Waals surface area contributed by atoms with E-state index in [4.69, 9.17) is 10.6 Å². The number of hydrogen-bond donors (Lipinski definition) is 2. The highest BCUT2D eigenvalue weighted by Gasteiger charge is 2.13. The highest BCUT2D eigenvalue weighted by molar-refractivity contribution is 5.18. The molecule has 94 valence electrons. The van der Waals surface area contributed by atoms with E-state index in [9.17, 15) is 0 Å². The number of nitrogens with two attached hydrogens (primary N) is 1. The van der Waals surface area contributed by atoms with Gasteiger partial charge in [0.2, 0.25) is 5.88 Å². The molecule has 2 rings (SSSR count). The highest BCUT2D eigenvalue weighted by Crippen LogP contribution is 2.17. The molecule has 0 aliphatic heterocycles. The molecule has 0 fully saturated rings. The Balaban J connectivity index is 2.17. The SMILES string of the molecule is COc1cc(C(Cc2ccccn2)NN)ncn1. The Morgan fingerprint density at radius 1 is 1.33 bits per heavy atom. The van der Waals surface area contributed by atoms with Crippen LogP contribution in [0.5, 0.6) is 5.88 Å². The van der Waals surface area contributed by atoms with E-state index in [-0.39, 0.29) is 6.04 Å². The summed E-state index contributed by atoms with van der Waals surface area (Å²) >= 11 is 0. The first kappa shape index (κ1) is 12.4. The molecule has 0 aromatic carbocycles. The van der Waals surface area contributed by atoms with Gasteiger partial charge in [-0.3, -0.25) is 16.3 Å². The van der Waals surface area contributed by atoms with Crippen molar-refractivity contribution in [3.05, 3.63) is 48.2 Å². The van der Waals surface area contributed by atoms with Crippen LogP contribution in [0.3, 0.4) is 0 Å². The van der Waals surface area contributed by atoms with Crippen molar-refractivity contribution in [3.8, 4) is 5.88 Å². The van der Waals surface area contributed by atoms with E-state index in [1.807, 2.05) is 18.2 Å². The molecule has 0 aliphatic carbocycles. The second-order valence-electron chi connectivity index (χ2n) is 3.73. The first-order valence-electron chi connectivity index (χ1n) is 5.55. The van der Waals surface area contributed by atoms with Crippen molar-refractivity contribution in [3.63, 3.8) is 0 Å². The highest BCUT2D eigenvalue weighted by atomic mass is 16.5. The molecule has 2 aromatic heterocycles. The van der Waals surface area contributed by atoms with E-state index >= 15 is 0 Å². The zero-order chi connectivity index (χ0) is 12.8. The minimum atomic E-state index is -0.128. The fourth-order valence-corrected chi connectivity index (χ4v) is 1.63. The van der Waals surface area contributed by atoms with Gasteiger partial charge in [-0.05, 0) is 12.1 Å². The van der Waals surface area contributed by atoms with Gasteiger partial charge in [-0.25, -0.2) is 9.97 Å².